The first kappa shape index (κ1) is 26.1. The molecule has 1 aliphatic carbocycles. The maximum absolute atomic E-state index is 13.4. The van der Waals surface area contributed by atoms with E-state index in [1.807, 2.05) is 13.0 Å². The highest BCUT2D eigenvalue weighted by molar-refractivity contribution is 6.37. The minimum absolute atomic E-state index is 0.0494. The third kappa shape index (κ3) is 3.90. The Balaban J connectivity index is 1.66. The van der Waals surface area contributed by atoms with E-state index in [2.05, 4.69) is 67.8 Å². The molecular weight excluding hydrogens is 500 g/mol. The second kappa shape index (κ2) is 9.51. The van der Waals surface area contributed by atoms with Crippen LogP contribution in [0.3, 0.4) is 0 Å². The van der Waals surface area contributed by atoms with Gasteiger partial charge < -0.3 is 20.4 Å². The SMILES string of the molecule is C=Cc1c2[nH]c(c1C)C=C1NC(=C3CC(=O)C4=C(C)C(C=c5[nH]c(c(C)c5CC)=C2)N=C34)[C@@H](CCC(=O)O)[C@@H]1C. The van der Waals surface area contributed by atoms with E-state index in [0.717, 1.165) is 73.5 Å². The van der Waals surface area contributed by atoms with Gasteiger partial charge >= 0.3 is 5.97 Å². The summed E-state index contributed by atoms with van der Waals surface area (Å²) >= 11 is 0. The topological polar surface area (TPSA) is 110 Å². The van der Waals surface area contributed by atoms with Crippen molar-refractivity contribution in [2.45, 2.75) is 66.3 Å². The first-order valence-electron chi connectivity index (χ1n) is 14.1. The number of aliphatic carboxylic acids is 1. The molecule has 0 aromatic carbocycles. The number of hydrogen-bond donors (Lipinski definition) is 4. The van der Waals surface area contributed by atoms with Crippen LogP contribution in [0.1, 0.15) is 73.7 Å². The number of aliphatic imine (C=N–C) groups is 1. The van der Waals surface area contributed by atoms with Gasteiger partial charge in [0.05, 0.1) is 11.8 Å². The fraction of sp³-hybridized carbons (Fsp3) is 0.364. The van der Waals surface area contributed by atoms with E-state index in [9.17, 15) is 14.7 Å². The molecule has 2 aromatic heterocycles. The van der Waals surface area contributed by atoms with Gasteiger partial charge in [0, 0.05) is 74.9 Å². The number of allylic oxidation sites excluding steroid dienone is 4. The van der Waals surface area contributed by atoms with Crippen molar-refractivity contribution in [1.29, 1.82) is 0 Å². The number of carbonyl (C=O) groups excluding carboxylic acids is 1. The van der Waals surface area contributed by atoms with Gasteiger partial charge in [0.1, 0.15) is 0 Å². The molecule has 2 aromatic rings. The molecule has 6 rings (SSSR count). The molecule has 1 unspecified atom stereocenters. The van der Waals surface area contributed by atoms with Crippen LogP contribution in [-0.4, -0.2) is 38.6 Å². The van der Waals surface area contributed by atoms with Crippen molar-refractivity contribution in [3.63, 3.8) is 0 Å². The quantitative estimate of drug-likeness (QED) is 0.459. The first-order valence-corrected chi connectivity index (χ1v) is 14.1. The Morgan fingerprint density at radius 2 is 1.93 bits per heavy atom. The van der Waals surface area contributed by atoms with Gasteiger partial charge in [-0.1, -0.05) is 26.5 Å². The Hall–Kier alpha value is -4.13. The van der Waals surface area contributed by atoms with E-state index in [1.54, 1.807) is 0 Å². The Morgan fingerprint density at radius 1 is 1.15 bits per heavy atom. The number of carboxylic acids is 1. The second-order valence-electron chi connectivity index (χ2n) is 11.4. The number of aromatic amines is 2. The highest BCUT2D eigenvalue weighted by atomic mass is 16.4. The van der Waals surface area contributed by atoms with Crippen molar-refractivity contribution < 1.29 is 14.7 Å². The molecule has 1 saturated heterocycles. The van der Waals surface area contributed by atoms with E-state index in [-0.39, 0.29) is 36.5 Å². The lowest BCUT2D eigenvalue weighted by Gasteiger charge is -2.16. The summed E-state index contributed by atoms with van der Waals surface area (Å²) in [5.74, 6) is -0.727. The third-order valence-electron chi connectivity index (χ3n) is 9.27. The van der Waals surface area contributed by atoms with Crippen LogP contribution in [0.5, 0.6) is 0 Å². The molecule has 8 bridgehead atoms. The predicted octanol–water partition coefficient (Wildman–Crippen LogP) is 4.22. The lowest BCUT2D eigenvalue weighted by molar-refractivity contribution is -0.137. The number of Topliss-reactive ketones (excluding diaryl/α,β-unsaturated/α-hetero) is 1. The molecular formula is C33H36N4O3. The van der Waals surface area contributed by atoms with Crippen LogP contribution < -0.4 is 16.0 Å². The largest absolute Gasteiger partial charge is 0.481 e. The van der Waals surface area contributed by atoms with E-state index < -0.39 is 5.97 Å². The molecule has 2 fully saturated rings. The summed E-state index contributed by atoms with van der Waals surface area (Å²) < 4.78 is 0. The maximum atomic E-state index is 13.4. The molecule has 0 spiro atoms. The number of nitrogens with one attached hydrogen (secondary N) is 3. The van der Waals surface area contributed by atoms with Gasteiger partial charge in [0.15, 0.2) is 5.78 Å². The summed E-state index contributed by atoms with van der Waals surface area (Å²) in [6.45, 7) is 14.6. The molecule has 7 nitrogen and oxygen atoms in total. The highest BCUT2D eigenvalue weighted by Gasteiger charge is 2.43. The summed E-state index contributed by atoms with van der Waals surface area (Å²) in [5.41, 5.74) is 11.9. The van der Waals surface area contributed by atoms with Crippen LogP contribution in [0.15, 0.2) is 39.7 Å². The van der Waals surface area contributed by atoms with Gasteiger partial charge in [-0.25, -0.2) is 0 Å². The molecule has 3 aliphatic heterocycles. The van der Waals surface area contributed by atoms with Gasteiger partial charge in [-0.3, -0.25) is 14.6 Å². The molecule has 3 atom stereocenters. The fourth-order valence-electron chi connectivity index (χ4n) is 6.96. The Bertz CT molecular complexity index is 1750. The van der Waals surface area contributed by atoms with Crippen LogP contribution in [-0.2, 0) is 16.0 Å². The Morgan fingerprint density at radius 3 is 2.62 bits per heavy atom. The number of H-pyrrole nitrogens is 2. The summed E-state index contributed by atoms with van der Waals surface area (Å²) in [6.07, 6.45) is 10.0. The van der Waals surface area contributed by atoms with Crippen LogP contribution in [0.4, 0.5) is 0 Å². The first-order chi connectivity index (χ1) is 19.1. The van der Waals surface area contributed by atoms with E-state index in [1.165, 1.54) is 11.1 Å². The van der Waals surface area contributed by atoms with Crippen LogP contribution in [0.2, 0.25) is 0 Å². The normalized spacial score (nSPS) is 23.1. The van der Waals surface area contributed by atoms with Crippen LogP contribution in [0.25, 0.3) is 24.3 Å². The van der Waals surface area contributed by atoms with E-state index in [0.29, 0.717) is 6.42 Å². The van der Waals surface area contributed by atoms with E-state index in [4.69, 9.17) is 4.99 Å². The molecule has 1 saturated carbocycles. The third-order valence-corrected chi connectivity index (χ3v) is 9.27. The number of nitrogens with zero attached hydrogens (tertiary/aromatic N) is 1. The average Bonchev–Trinajstić information content (AvgIpc) is 3.65. The summed E-state index contributed by atoms with van der Waals surface area (Å²) in [7, 11) is 0. The average molecular weight is 537 g/mol. The monoisotopic (exact) mass is 536 g/mol. The van der Waals surface area contributed by atoms with Crippen molar-refractivity contribution in [2.24, 2.45) is 16.8 Å². The van der Waals surface area contributed by atoms with Crippen molar-refractivity contribution in [3.05, 3.63) is 79.0 Å². The minimum Gasteiger partial charge on any atom is -0.481 e. The predicted molar refractivity (Wildman–Crippen MR) is 159 cm³/mol. The number of ketones is 1. The van der Waals surface area contributed by atoms with Gasteiger partial charge in [0.2, 0.25) is 0 Å². The van der Waals surface area contributed by atoms with Crippen molar-refractivity contribution in [1.82, 2.24) is 15.3 Å². The molecule has 7 heteroatoms. The van der Waals surface area contributed by atoms with Crippen molar-refractivity contribution >= 4 is 41.8 Å². The lowest BCUT2D eigenvalue weighted by Crippen LogP contribution is -2.17. The maximum Gasteiger partial charge on any atom is 0.303 e. The zero-order chi connectivity index (χ0) is 28.5. The number of rotatable bonds is 5. The van der Waals surface area contributed by atoms with Gasteiger partial charge in [-0.15, -0.1) is 0 Å². The van der Waals surface area contributed by atoms with Crippen LogP contribution >= 0.6 is 0 Å². The number of fused-ring (bicyclic) bond motifs is 7. The molecule has 0 amide bonds. The number of carboxylic acid groups (broad SMARTS) is 1. The van der Waals surface area contributed by atoms with Crippen molar-refractivity contribution in [3.8, 4) is 0 Å². The molecule has 5 heterocycles. The zero-order valence-corrected chi connectivity index (χ0v) is 23.8. The standard InChI is InChI=1S/C33H36N4O3/c1-7-19-15(3)23-12-25-17(5)21(9-10-30(39)40)32(36-25)22-11-29(38)31-18(6)26(37-33(22)31)14-28-20(8-2)16(4)24(35-28)13-27(19)34-23/h7,12-14,17,21,26,34-36H,1,8-11H2,2-6H3,(H,39,40)/t17-,21-,26?/m0/s1. The Labute approximate surface area is 233 Å². The summed E-state index contributed by atoms with van der Waals surface area (Å²) in [5, 5.41) is 15.2. The minimum atomic E-state index is -0.817. The van der Waals surface area contributed by atoms with Gasteiger partial charge in [-0.05, 0) is 74.1 Å². The van der Waals surface area contributed by atoms with Gasteiger partial charge in [0.25, 0.3) is 0 Å². The molecule has 0 radical (unpaired) electrons. The fourth-order valence-corrected chi connectivity index (χ4v) is 6.96. The molecule has 4 N–H and O–H groups in total. The second-order valence-corrected chi connectivity index (χ2v) is 11.4. The highest BCUT2D eigenvalue weighted by Crippen LogP contribution is 2.44. The Kier molecular flexibility index (Phi) is 6.21. The summed E-state index contributed by atoms with van der Waals surface area (Å²) in [6, 6.07) is -0.233. The van der Waals surface area contributed by atoms with Crippen LogP contribution in [0, 0.1) is 25.7 Å². The summed E-state index contributed by atoms with van der Waals surface area (Å²) in [4.78, 5) is 37.3. The number of hydrogen-bond acceptors (Lipinski definition) is 4. The number of aromatic nitrogens is 2. The number of carbonyl (C=O) groups is 2. The molecule has 206 valence electrons. The molecule has 40 heavy (non-hydrogen) atoms. The zero-order valence-electron chi connectivity index (χ0n) is 23.8. The lowest BCUT2D eigenvalue weighted by atomic mass is 9.86. The van der Waals surface area contributed by atoms with Crippen molar-refractivity contribution in [2.75, 3.05) is 0 Å². The molecule has 4 aliphatic rings. The smallest absolute Gasteiger partial charge is 0.303 e. The van der Waals surface area contributed by atoms with Gasteiger partial charge in [-0.2, -0.15) is 0 Å². The van der Waals surface area contributed by atoms with E-state index >= 15 is 0 Å².